The van der Waals surface area contributed by atoms with Gasteiger partial charge in [0.25, 0.3) is 5.91 Å². The van der Waals surface area contributed by atoms with E-state index in [1.54, 1.807) is 29.2 Å². The molecule has 1 N–H and O–H groups in total. The van der Waals surface area contributed by atoms with Crippen LogP contribution in [0.25, 0.3) is 0 Å². The quantitative estimate of drug-likeness (QED) is 0.259. The summed E-state index contributed by atoms with van der Waals surface area (Å²) in [4.78, 5) is 28.5. The molecule has 2 aliphatic heterocycles. The van der Waals surface area contributed by atoms with Crippen LogP contribution in [0, 0.1) is 0 Å². The van der Waals surface area contributed by atoms with Crippen molar-refractivity contribution in [3.8, 4) is 23.0 Å². The van der Waals surface area contributed by atoms with Gasteiger partial charge in [0.15, 0.2) is 31.3 Å². The molecule has 0 spiro atoms. The highest BCUT2D eigenvalue weighted by molar-refractivity contribution is 6.74. The Bertz CT molecular complexity index is 1260. The fourth-order valence-electron chi connectivity index (χ4n) is 5.05. The third-order valence-electron chi connectivity index (χ3n) is 8.35. The molecule has 2 heterocycles. The number of unbranched alkanes of at least 4 members (excludes halogenated alkanes) is 2. The maximum absolute atomic E-state index is 14.0. The second-order valence-electron chi connectivity index (χ2n) is 11.8. The molecule has 2 aromatic rings. The van der Waals surface area contributed by atoms with Gasteiger partial charge in [-0.05, 0) is 72.8 Å². The van der Waals surface area contributed by atoms with Crippen LogP contribution in [0.2, 0.25) is 18.1 Å². The molecule has 0 saturated heterocycles. The van der Waals surface area contributed by atoms with Gasteiger partial charge in [0, 0.05) is 18.7 Å². The number of nitrogens with zero attached hydrogens (tertiary/aromatic N) is 1. The second-order valence-corrected chi connectivity index (χ2v) is 16.6. The summed E-state index contributed by atoms with van der Waals surface area (Å²) in [5, 5.41) is 10.7. The maximum Gasteiger partial charge on any atom is 0.313 e. The van der Waals surface area contributed by atoms with Crippen LogP contribution in [-0.2, 0) is 9.22 Å². The predicted octanol–water partition coefficient (Wildman–Crippen LogP) is 5.99. The lowest BCUT2D eigenvalue weighted by Crippen LogP contribution is -2.45. The van der Waals surface area contributed by atoms with Gasteiger partial charge in [0.05, 0.1) is 20.3 Å². The first-order valence-electron chi connectivity index (χ1n) is 13.7. The Morgan fingerprint density at radius 1 is 1.02 bits per heavy atom. The van der Waals surface area contributed by atoms with Gasteiger partial charge in [-0.15, -0.1) is 0 Å². The average Bonchev–Trinajstić information content (AvgIpc) is 3.37. The Morgan fingerprint density at radius 3 is 2.35 bits per heavy atom. The summed E-state index contributed by atoms with van der Waals surface area (Å²) in [6.07, 6.45) is 2.43. The van der Waals surface area contributed by atoms with E-state index in [9.17, 15) is 14.7 Å². The summed E-state index contributed by atoms with van der Waals surface area (Å²) in [6, 6.07) is 7.81. The summed E-state index contributed by atoms with van der Waals surface area (Å²) in [5.41, 5.74) is 1.38. The molecule has 0 bridgehead atoms. The van der Waals surface area contributed by atoms with Crippen LogP contribution in [0.1, 0.15) is 73.5 Å². The van der Waals surface area contributed by atoms with Crippen molar-refractivity contribution in [2.75, 3.05) is 34.2 Å². The number of methoxy groups -OCH3 is 2. The van der Waals surface area contributed by atoms with Crippen LogP contribution in [0.4, 0.5) is 0 Å². The monoisotopic (exact) mass is 571 g/mol. The fraction of sp³-hybridized carbons (Fsp3) is 0.533. The van der Waals surface area contributed by atoms with E-state index >= 15 is 0 Å². The van der Waals surface area contributed by atoms with Crippen LogP contribution >= 0.6 is 0 Å². The Morgan fingerprint density at radius 2 is 1.70 bits per heavy atom. The molecule has 0 fully saturated rings. The lowest BCUT2D eigenvalue weighted by Gasteiger charge is -2.41. The molecule has 0 radical (unpaired) electrons. The SMILES string of the molecule is COc1cc2c(cc1OC)[C@@H](C(=O)O)[C@@H](c1ccc3c(c1)OCO3)N(CCCCCO[Si](C)(C)C(C)(C)C)C2=O. The molecule has 0 unspecified atom stereocenters. The molecular formula is C30H41NO8Si. The van der Waals surface area contributed by atoms with Gasteiger partial charge in [-0.25, -0.2) is 0 Å². The van der Waals surface area contributed by atoms with E-state index in [1.165, 1.54) is 14.2 Å². The molecule has 10 heteroatoms. The third kappa shape index (κ3) is 5.78. The van der Waals surface area contributed by atoms with Gasteiger partial charge >= 0.3 is 5.97 Å². The van der Waals surface area contributed by atoms with E-state index < -0.39 is 26.2 Å². The molecule has 0 saturated carbocycles. The molecule has 2 atom stereocenters. The summed E-state index contributed by atoms with van der Waals surface area (Å²) >= 11 is 0. The summed E-state index contributed by atoms with van der Waals surface area (Å²) in [6.45, 7) is 12.3. The molecule has 4 rings (SSSR count). The van der Waals surface area contributed by atoms with E-state index in [0.29, 0.717) is 59.3 Å². The number of benzene rings is 2. The Hall–Kier alpha value is -3.24. The first-order valence-corrected chi connectivity index (χ1v) is 16.6. The molecule has 0 aliphatic carbocycles. The minimum Gasteiger partial charge on any atom is -0.493 e. The van der Waals surface area contributed by atoms with Gasteiger partial charge in [-0.3, -0.25) is 9.59 Å². The van der Waals surface area contributed by atoms with Crippen molar-refractivity contribution in [1.29, 1.82) is 0 Å². The number of carboxylic acid groups (broad SMARTS) is 1. The summed E-state index contributed by atoms with van der Waals surface area (Å²) < 4.78 is 28.2. The largest absolute Gasteiger partial charge is 0.493 e. The Balaban J connectivity index is 1.63. The number of carboxylic acids is 1. The van der Waals surface area contributed by atoms with Crippen molar-refractivity contribution >= 4 is 20.2 Å². The standard InChI is InChI=1S/C30H41NO8Si/c1-30(2,3)40(6,7)39-14-10-8-9-13-31-27(19-11-12-22-25(15-19)38-18-37-22)26(29(33)34)20-16-23(35-4)24(36-5)17-21(20)28(31)32/h11-12,15-17,26-27H,8-10,13-14,18H2,1-7H3,(H,33,34)/t26-,27-/m1/s1. The first-order chi connectivity index (χ1) is 18.9. The highest BCUT2D eigenvalue weighted by atomic mass is 28.4. The van der Waals surface area contributed by atoms with Crippen molar-refractivity contribution < 1.29 is 38.1 Å². The number of carbonyl (C=O) groups excluding carboxylic acids is 1. The van der Waals surface area contributed by atoms with Crippen molar-refractivity contribution in [3.05, 3.63) is 47.0 Å². The van der Waals surface area contributed by atoms with Gasteiger partial charge in [-0.1, -0.05) is 26.8 Å². The van der Waals surface area contributed by atoms with Crippen LogP contribution in [-0.4, -0.2) is 64.4 Å². The van der Waals surface area contributed by atoms with Crippen LogP contribution in [0.3, 0.4) is 0 Å². The summed E-state index contributed by atoms with van der Waals surface area (Å²) in [7, 11) is 1.15. The topological polar surface area (TPSA) is 104 Å². The van der Waals surface area contributed by atoms with Gasteiger partial charge in [-0.2, -0.15) is 0 Å². The number of hydrogen-bond acceptors (Lipinski definition) is 7. The van der Waals surface area contributed by atoms with E-state index in [4.69, 9.17) is 23.4 Å². The number of ether oxygens (including phenoxy) is 4. The lowest BCUT2D eigenvalue weighted by molar-refractivity contribution is -0.140. The van der Waals surface area contributed by atoms with Crippen molar-refractivity contribution in [2.24, 2.45) is 0 Å². The average molecular weight is 572 g/mol. The van der Waals surface area contributed by atoms with E-state index in [-0.39, 0.29) is 17.7 Å². The maximum atomic E-state index is 14.0. The Kier molecular flexibility index (Phi) is 8.70. The highest BCUT2D eigenvalue weighted by Crippen LogP contribution is 2.48. The number of rotatable bonds is 11. The first kappa shape index (κ1) is 29.7. The normalized spacial score (nSPS) is 18.5. The van der Waals surface area contributed by atoms with Gasteiger partial charge in [0.2, 0.25) is 6.79 Å². The van der Waals surface area contributed by atoms with Gasteiger partial charge in [0.1, 0.15) is 5.92 Å². The minimum atomic E-state index is -1.82. The zero-order valence-corrected chi connectivity index (χ0v) is 25.5. The molecule has 2 aliphatic rings. The van der Waals surface area contributed by atoms with E-state index in [0.717, 1.165) is 12.8 Å². The summed E-state index contributed by atoms with van der Waals surface area (Å²) in [5.74, 6) is -0.407. The molecule has 40 heavy (non-hydrogen) atoms. The lowest BCUT2D eigenvalue weighted by atomic mass is 9.79. The second kappa shape index (κ2) is 11.7. The fourth-order valence-corrected chi connectivity index (χ4v) is 6.14. The molecular weight excluding hydrogens is 530 g/mol. The van der Waals surface area contributed by atoms with E-state index in [2.05, 4.69) is 33.9 Å². The molecule has 9 nitrogen and oxygen atoms in total. The highest BCUT2D eigenvalue weighted by Gasteiger charge is 2.45. The number of amides is 1. The number of carbonyl (C=O) groups is 2. The number of fused-ring (bicyclic) bond motifs is 2. The minimum absolute atomic E-state index is 0.102. The van der Waals surface area contributed by atoms with Crippen LogP contribution in [0.5, 0.6) is 23.0 Å². The molecule has 218 valence electrons. The van der Waals surface area contributed by atoms with Crippen LogP contribution < -0.4 is 18.9 Å². The van der Waals surface area contributed by atoms with Crippen molar-refractivity contribution in [2.45, 2.75) is 70.1 Å². The Labute approximate surface area is 237 Å². The van der Waals surface area contributed by atoms with Crippen molar-refractivity contribution in [3.63, 3.8) is 0 Å². The van der Waals surface area contributed by atoms with Crippen molar-refractivity contribution in [1.82, 2.24) is 4.90 Å². The number of hydrogen-bond donors (Lipinski definition) is 1. The number of aliphatic carboxylic acids is 1. The predicted molar refractivity (Wildman–Crippen MR) is 153 cm³/mol. The van der Waals surface area contributed by atoms with Crippen LogP contribution in [0.15, 0.2) is 30.3 Å². The third-order valence-corrected chi connectivity index (χ3v) is 12.9. The molecule has 0 aromatic heterocycles. The smallest absolute Gasteiger partial charge is 0.313 e. The van der Waals surface area contributed by atoms with E-state index in [1.807, 2.05) is 6.07 Å². The zero-order chi connectivity index (χ0) is 29.2. The molecule has 1 amide bonds. The van der Waals surface area contributed by atoms with Gasteiger partial charge < -0.3 is 33.4 Å². The zero-order valence-electron chi connectivity index (χ0n) is 24.5. The molecule has 2 aromatic carbocycles.